The predicted octanol–water partition coefficient (Wildman–Crippen LogP) is 1.73. The molecule has 0 saturated carbocycles. The average molecular weight is 291 g/mol. The highest BCUT2D eigenvalue weighted by atomic mass is 16.2. The van der Waals surface area contributed by atoms with Gasteiger partial charge in [-0.15, -0.1) is 5.10 Å². The lowest BCUT2D eigenvalue weighted by Crippen LogP contribution is -2.21. The molecule has 22 heavy (non-hydrogen) atoms. The van der Waals surface area contributed by atoms with Crippen molar-refractivity contribution in [1.29, 1.82) is 0 Å². The number of aromatic nitrogens is 5. The van der Waals surface area contributed by atoms with Crippen LogP contribution in [0.1, 0.15) is 5.56 Å². The molecule has 0 spiro atoms. The van der Waals surface area contributed by atoms with Gasteiger partial charge in [0.2, 0.25) is 0 Å². The highest BCUT2D eigenvalue weighted by Crippen LogP contribution is 2.08. The fourth-order valence-corrected chi connectivity index (χ4v) is 2.41. The molecule has 0 atom stereocenters. The van der Waals surface area contributed by atoms with Crippen LogP contribution in [0.4, 0.5) is 0 Å². The predicted molar refractivity (Wildman–Crippen MR) is 82.1 cm³/mol. The number of hydrogen-bond donors (Lipinski definition) is 0. The summed E-state index contributed by atoms with van der Waals surface area (Å²) >= 11 is 0. The first-order valence-corrected chi connectivity index (χ1v) is 6.94. The Morgan fingerprint density at radius 2 is 1.82 bits per heavy atom. The molecule has 6 nitrogen and oxygen atoms in total. The Hall–Kier alpha value is -3.15. The minimum absolute atomic E-state index is 0.150. The number of benzene rings is 1. The highest BCUT2D eigenvalue weighted by molar-refractivity contribution is 5.35. The van der Waals surface area contributed by atoms with E-state index in [4.69, 9.17) is 0 Å². The van der Waals surface area contributed by atoms with Crippen molar-refractivity contribution in [2.75, 3.05) is 0 Å². The molecular formula is C16H13N5O. The summed E-state index contributed by atoms with van der Waals surface area (Å²) in [7, 11) is 0. The van der Waals surface area contributed by atoms with Gasteiger partial charge in [-0.2, -0.15) is 5.10 Å². The van der Waals surface area contributed by atoms with Crippen LogP contribution in [-0.4, -0.2) is 24.0 Å². The minimum atomic E-state index is -0.150. The molecule has 0 saturated heterocycles. The number of hydrogen-bond acceptors (Lipinski definition) is 3. The topological polar surface area (TPSA) is 57.1 Å². The second-order valence-corrected chi connectivity index (χ2v) is 5.00. The molecule has 0 aliphatic carbocycles. The molecule has 0 aliphatic rings. The third kappa shape index (κ3) is 2.10. The summed E-state index contributed by atoms with van der Waals surface area (Å²) in [6.45, 7) is 0.396. The maximum absolute atomic E-state index is 12.2. The molecular weight excluding hydrogens is 278 g/mol. The summed E-state index contributed by atoms with van der Waals surface area (Å²) in [6.07, 6.45) is 5.38. The highest BCUT2D eigenvalue weighted by Gasteiger charge is 2.08. The first-order valence-electron chi connectivity index (χ1n) is 6.94. The Balaban J connectivity index is 1.67. The number of pyridine rings is 1. The Morgan fingerprint density at radius 3 is 2.64 bits per heavy atom. The third-order valence-corrected chi connectivity index (χ3v) is 3.48. The van der Waals surface area contributed by atoms with Crippen LogP contribution in [0.5, 0.6) is 0 Å². The summed E-state index contributed by atoms with van der Waals surface area (Å²) in [5.74, 6) is 0. The molecule has 0 N–H and O–H groups in total. The smallest absolute Gasteiger partial charge is 0.250 e. The molecule has 0 radical (unpaired) electrons. The van der Waals surface area contributed by atoms with Gasteiger partial charge in [0.1, 0.15) is 0 Å². The van der Waals surface area contributed by atoms with Gasteiger partial charge < -0.3 is 0 Å². The number of rotatable bonds is 3. The fourth-order valence-electron chi connectivity index (χ4n) is 2.41. The van der Waals surface area contributed by atoms with Crippen LogP contribution in [0, 0.1) is 0 Å². The first kappa shape index (κ1) is 12.6. The van der Waals surface area contributed by atoms with Gasteiger partial charge in [-0.05, 0) is 24.3 Å². The van der Waals surface area contributed by atoms with Gasteiger partial charge >= 0.3 is 5.69 Å². The lowest BCUT2D eigenvalue weighted by Gasteiger charge is -1.99. The van der Waals surface area contributed by atoms with E-state index in [2.05, 4.69) is 10.2 Å². The van der Waals surface area contributed by atoms with Crippen molar-refractivity contribution in [1.82, 2.24) is 24.0 Å². The zero-order valence-corrected chi connectivity index (χ0v) is 11.7. The molecule has 108 valence electrons. The largest absolute Gasteiger partial charge is 0.350 e. The Bertz CT molecular complexity index is 980. The van der Waals surface area contributed by atoms with Crippen LogP contribution < -0.4 is 5.69 Å². The fraction of sp³-hybridized carbons (Fsp3) is 0.0625. The van der Waals surface area contributed by atoms with Gasteiger partial charge in [0.25, 0.3) is 0 Å². The maximum Gasteiger partial charge on any atom is 0.350 e. The van der Waals surface area contributed by atoms with Crippen LogP contribution >= 0.6 is 0 Å². The van der Waals surface area contributed by atoms with Crippen LogP contribution in [0.3, 0.4) is 0 Å². The maximum atomic E-state index is 12.2. The number of fused-ring (bicyclic) bond motifs is 1. The summed E-state index contributed by atoms with van der Waals surface area (Å²) in [5.41, 5.74) is 2.40. The molecule has 0 unspecified atom stereocenters. The normalized spacial score (nSPS) is 11.1. The molecule has 6 heteroatoms. The quantitative estimate of drug-likeness (QED) is 0.577. The van der Waals surface area contributed by atoms with E-state index in [0.717, 1.165) is 11.3 Å². The SMILES string of the molecule is O=c1n(Cc2cnn(-c3ccccc3)c2)nc2ccccn12. The monoisotopic (exact) mass is 291 g/mol. The van der Waals surface area contributed by atoms with Crippen LogP contribution in [0.15, 0.2) is 71.9 Å². The summed E-state index contributed by atoms with van der Waals surface area (Å²) < 4.78 is 4.76. The van der Waals surface area contributed by atoms with Crippen LogP contribution in [0.25, 0.3) is 11.3 Å². The lowest BCUT2D eigenvalue weighted by molar-refractivity contribution is 0.658. The van der Waals surface area contributed by atoms with Crippen molar-refractivity contribution in [3.8, 4) is 5.69 Å². The first-order chi connectivity index (χ1) is 10.8. The van der Waals surface area contributed by atoms with Crippen molar-refractivity contribution < 1.29 is 0 Å². The van der Waals surface area contributed by atoms with E-state index in [1.54, 1.807) is 17.1 Å². The molecule has 4 rings (SSSR count). The molecule has 3 aromatic heterocycles. The van der Waals surface area contributed by atoms with Crippen molar-refractivity contribution in [2.24, 2.45) is 0 Å². The van der Waals surface area contributed by atoms with Gasteiger partial charge in [-0.3, -0.25) is 4.40 Å². The second kappa shape index (κ2) is 5.00. The molecule has 0 fully saturated rings. The van der Waals surface area contributed by atoms with Gasteiger partial charge in [-0.1, -0.05) is 24.3 Å². The minimum Gasteiger partial charge on any atom is -0.250 e. The van der Waals surface area contributed by atoms with Gasteiger partial charge in [-0.25, -0.2) is 14.2 Å². The molecule has 0 bridgehead atoms. The summed E-state index contributed by atoms with van der Waals surface area (Å²) in [6, 6.07) is 15.3. The number of para-hydroxylation sites is 1. The van der Waals surface area contributed by atoms with Crippen molar-refractivity contribution in [3.63, 3.8) is 0 Å². The zero-order valence-electron chi connectivity index (χ0n) is 11.7. The Kier molecular flexibility index (Phi) is 2.86. The number of nitrogens with zero attached hydrogens (tertiary/aromatic N) is 5. The van der Waals surface area contributed by atoms with Crippen LogP contribution in [0.2, 0.25) is 0 Å². The van der Waals surface area contributed by atoms with Gasteiger partial charge in [0, 0.05) is 18.0 Å². The Morgan fingerprint density at radius 1 is 1.00 bits per heavy atom. The third-order valence-electron chi connectivity index (χ3n) is 3.48. The van der Waals surface area contributed by atoms with E-state index in [0.29, 0.717) is 12.2 Å². The molecule has 3 heterocycles. The summed E-state index contributed by atoms with van der Waals surface area (Å²) in [5, 5.41) is 8.65. The molecule has 0 aliphatic heterocycles. The zero-order chi connectivity index (χ0) is 14.9. The summed E-state index contributed by atoms with van der Waals surface area (Å²) in [4.78, 5) is 12.2. The second-order valence-electron chi connectivity index (χ2n) is 5.00. The van der Waals surface area contributed by atoms with Crippen molar-refractivity contribution >= 4 is 5.65 Å². The van der Waals surface area contributed by atoms with E-state index < -0.39 is 0 Å². The van der Waals surface area contributed by atoms with Gasteiger partial charge in [0.15, 0.2) is 5.65 Å². The lowest BCUT2D eigenvalue weighted by atomic mass is 10.3. The van der Waals surface area contributed by atoms with E-state index in [1.807, 2.05) is 54.7 Å². The van der Waals surface area contributed by atoms with Gasteiger partial charge in [0.05, 0.1) is 18.4 Å². The molecule has 0 amide bonds. The van der Waals surface area contributed by atoms with Crippen LogP contribution in [-0.2, 0) is 6.54 Å². The van der Waals surface area contributed by atoms with E-state index in [1.165, 1.54) is 9.08 Å². The van der Waals surface area contributed by atoms with E-state index in [-0.39, 0.29) is 5.69 Å². The average Bonchev–Trinajstić information content (AvgIpc) is 3.15. The van der Waals surface area contributed by atoms with E-state index in [9.17, 15) is 4.79 Å². The Labute approximate surface area is 125 Å². The van der Waals surface area contributed by atoms with E-state index >= 15 is 0 Å². The van der Waals surface area contributed by atoms with Crippen molar-refractivity contribution in [2.45, 2.75) is 6.54 Å². The standard InChI is InChI=1S/C16H13N5O/c22-16-19-9-5-4-8-15(19)18-21(16)12-13-10-17-20(11-13)14-6-2-1-3-7-14/h1-11H,12H2. The molecule has 1 aromatic carbocycles. The van der Waals surface area contributed by atoms with Crippen molar-refractivity contribution in [3.05, 3.63) is 83.2 Å². The molecule has 4 aromatic rings.